The number of fused-ring (bicyclic) bond motifs is 2. The maximum atomic E-state index is 13.6. The maximum Gasteiger partial charge on any atom is 0.224 e. The van der Waals surface area contributed by atoms with Crippen LogP contribution < -0.4 is 11.1 Å². The van der Waals surface area contributed by atoms with Gasteiger partial charge in [0.05, 0.1) is 17.9 Å². The molecule has 3 heterocycles. The van der Waals surface area contributed by atoms with E-state index in [0.29, 0.717) is 12.8 Å². The number of carbonyl (C=O) groups is 2. The average molecular weight is 540 g/mol. The van der Waals surface area contributed by atoms with Crippen LogP contribution in [0.3, 0.4) is 0 Å². The number of amides is 2. The number of hydrogen-bond donors (Lipinski definition) is 2. The molecule has 1 aliphatic rings. The van der Waals surface area contributed by atoms with Crippen LogP contribution in [0.1, 0.15) is 57.8 Å². The van der Waals surface area contributed by atoms with E-state index in [1.54, 1.807) is 6.08 Å². The van der Waals surface area contributed by atoms with Crippen LogP contribution in [0.25, 0.3) is 33.7 Å². The molecule has 5 rings (SSSR count). The summed E-state index contributed by atoms with van der Waals surface area (Å²) in [6.07, 6.45) is 5.25. The number of carbonyl (C=O) groups excluding carboxylic acids is 2. The van der Waals surface area contributed by atoms with Crippen molar-refractivity contribution in [3.8, 4) is 22.7 Å². The summed E-state index contributed by atoms with van der Waals surface area (Å²) in [6.45, 7) is 8.61. The number of allylic oxidation sites excluding steroid dienone is 1. The third kappa shape index (κ3) is 5.71. The van der Waals surface area contributed by atoms with E-state index in [2.05, 4.69) is 26.7 Å². The third-order valence-corrected chi connectivity index (χ3v) is 7.72. The van der Waals surface area contributed by atoms with E-state index in [1.807, 2.05) is 68.4 Å². The molecule has 40 heavy (non-hydrogen) atoms. The highest BCUT2D eigenvalue weighted by Gasteiger charge is 2.35. The van der Waals surface area contributed by atoms with E-state index in [0.717, 1.165) is 65.3 Å². The van der Waals surface area contributed by atoms with Gasteiger partial charge in [-0.25, -0.2) is 0 Å². The number of aromatic nitrogens is 3. The number of nitrogens with zero attached hydrogens (tertiary/aromatic N) is 3. The van der Waals surface area contributed by atoms with E-state index >= 15 is 0 Å². The molecule has 0 aliphatic carbocycles. The number of hydrogen-bond acceptors (Lipinski definition) is 5. The van der Waals surface area contributed by atoms with Gasteiger partial charge in [-0.3, -0.25) is 9.59 Å². The molecule has 4 aromatic rings. The van der Waals surface area contributed by atoms with Crippen LogP contribution in [-0.2, 0) is 16.1 Å². The van der Waals surface area contributed by atoms with Gasteiger partial charge < -0.3 is 20.0 Å². The van der Waals surface area contributed by atoms with Gasteiger partial charge in [0.1, 0.15) is 11.3 Å². The zero-order valence-electron chi connectivity index (χ0n) is 23.2. The lowest BCUT2D eigenvalue weighted by atomic mass is 9.82. The molecule has 3 atom stereocenters. The Balaban J connectivity index is 1.39. The van der Waals surface area contributed by atoms with E-state index in [1.165, 1.54) is 0 Å². The van der Waals surface area contributed by atoms with Gasteiger partial charge in [-0.2, -0.15) is 0 Å². The van der Waals surface area contributed by atoms with Crippen molar-refractivity contribution in [3.63, 3.8) is 0 Å². The number of furan rings is 1. The van der Waals surface area contributed by atoms with Crippen LogP contribution >= 0.6 is 0 Å². The Morgan fingerprint density at radius 3 is 2.55 bits per heavy atom. The number of para-hydroxylation sites is 1. The van der Waals surface area contributed by atoms with Crippen molar-refractivity contribution in [2.75, 3.05) is 0 Å². The van der Waals surface area contributed by atoms with E-state index in [4.69, 9.17) is 10.2 Å². The Bertz CT molecular complexity index is 1470. The molecule has 2 amide bonds. The molecule has 8 heteroatoms. The molecule has 2 aromatic heterocycles. The normalized spacial score (nSPS) is 16.7. The van der Waals surface area contributed by atoms with Crippen LogP contribution in [-0.4, -0.2) is 26.6 Å². The predicted octanol–water partition coefficient (Wildman–Crippen LogP) is 6.04. The summed E-state index contributed by atoms with van der Waals surface area (Å²) < 4.78 is 8.14. The fourth-order valence-electron chi connectivity index (χ4n) is 5.70. The Morgan fingerprint density at radius 1 is 1.10 bits per heavy atom. The van der Waals surface area contributed by atoms with Crippen molar-refractivity contribution in [3.05, 3.63) is 73.1 Å². The first-order chi connectivity index (χ1) is 19.4. The summed E-state index contributed by atoms with van der Waals surface area (Å²) in [6, 6.07) is 17.8. The van der Waals surface area contributed by atoms with Crippen LogP contribution in [0, 0.1) is 17.8 Å². The molecule has 0 saturated carbocycles. The second kappa shape index (κ2) is 11.9. The lowest BCUT2D eigenvalue weighted by Gasteiger charge is -2.27. The first-order valence-electron chi connectivity index (χ1n) is 14.1. The molecule has 3 N–H and O–H groups in total. The minimum Gasteiger partial charge on any atom is -0.456 e. The number of primary amides is 1. The fraction of sp³-hybridized carbons (Fsp3) is 0.375. The summed E-state index contributed by atoms with van der Waals surface area (Å²) in [5.74, 6) is 0.796. The molecule has 0 radical (unpaired) electrons. The van der Waals surface area contributed by atoms with Gasteiger partial charge in [-0.05, 0) is 50.2 Å². The molecular weight excluding hydrogens is 502 g/mol. The summed E-state index contributed by atoms with van der Waals surface area (Å²) >= 11 is 0. The number of rotatable bonds is 10. The van der Waals surface area contributed by atoms with Gasteiger partial charge in [0.2, 0.25) is 11.8 Å². The number of nitrogens with one attached hydrogen (secondary N) is 1. The maximum absolute atomic E-state index is 13.6. The SMILES string of the molecule is C=CCC(C(N)=O)C(CC(C)C)C(=O)NC1CCCCn2c(-c3ccc(-c4cc5ccccc5o4)cc3)nnc21. The minimum absolute atomic E-state index is 0.169. The van der Waals surface area contributed by atoms with E-state index < -0.39 is 17.7 Å². The highest BCUT2D eigenvalue weighted by atomic mass is 16.3. The number of nitrogens with two attached hydrogens (primary N) is 1. The Kier molecular flexibility index (Phi) is 8.14. The predicted molar refractivity (Wildman–Crippen MR) is 156 cm³/mol. The minimum atomic E-state index is -0.593. The van der Waals surface area contributed by atoms with Crippen molar-refractivity contribution < 1.29 is 14.0 Å². The lowest BCUT2D eigenvalue weighted by Crippen LogP contribution is -2.42. The lowest BCUT2D eigenvalue weighted by molar-refractivity contribution is -0.134. The zero-order valence-corrected chi connectivity index (χ0v) is 23.2. The van der Waals surface area contributed by atoms with Gasteiger partial charge >= 0.3 is 0 Å². The summed E-state index contributed by atoms with van der Waals surface area (Å²) in [4.78, 5) is 25.8. The average Bonchev–Trinajstić information content (AvgIpc) is 3.51. The molecule has 2 aromatic carbocycles. The molecule has 8 nitrogen and oxygen atoms in total. The van der Waals surface area contributed by atoms with Crippen LogP contribution in [0.4, 0.5) is 0 Å². The highest BCUT2D eigenvalue weighted by Crippen LogP contribution is 2.32. The second-order valence-corrected chi connectivity index (χ2v) is 11.1. The monoisotopic (exact) mass is 539 g/mol. The fourth-order valence-corrected chi connectivity index (χ4v) is 5.70. The van der Waals surface area contributed by atoms with Crippen LogP contribution in [0.2, 0.25) is 0 Å². The largest absolute Gasteiger partial charge is 0.456 e. The van der Waals surface area contributed by atoms with Gasteiger partial charge in [0.25, 0.3) is 0 Å². The van der Waals surface area contributed by atoms with E-state index in [9.17, 15) is 9.59 Å². The van der Waals surface area contributed by atoms with Crippen molar-refractivity contribution in [1.29, 1.82) is 0 Å². The molecule has 208 valence electrons. The second-order valence-electron chi connectivity index (χ2n) is 11.1. The van der Waals surface area contributed by atoms with Crippen LogP contribution in [0.15, 0.2) is 71.7 Å². The van der Waals surface area contributed by atoms with Crippen LogP contribution in [0.5, 0.6) is 0 Å². The first-order valence-corrected chi connectivity index (χ1v) is 14.1. The molecule has 1 aliphatic heterocycles. The Hall–Kier alpha value is -4.20. The molecular formula is C32H37N5O3. The van der Waals surface area contributed by atoms with Gasteiger partial charge in [-0.15, -0.1) is 16.8 Å². The standard InChI is InChI=1S/C32H37N5O3/c1-4-9-24(29(33)38)25(18-20(2)3)32(39)34-26-11-7-8-17-37-30(35-36-31(26)37)22-15-13-21(14-16-22)28-19-23-10-5-6-12-27(23)40-28/h4-6,10,12-16,19-20,24-26H,1,7-9,11,17-18H2,2-3H3,(H2,33,38)(H,34,39). The molecule has 3 unspecified atom stereocenters. The summed E-state index contributed by atoms with van der Waals surface area (Å²) in [5, 5.41) is 13.4. The van der Waals surface area contributed by atoms with Gasteiger partial charge in [0, 0.05) is 23.1 Å². The van der Waals surface area contributed by atoms with Crippen molar-refractivity contribution >= 4 is 22.8 Å². The quantitative estimate of drug-likeness (QED) is 0.238. The summed E-state index contributed by atoms with van der Waals surface area (Å²) in [7, 11) is 0. The first kappa shape index (κ1) is 27.4. The molecule has 0 spiro atoms. The molecule has 0 bridgehead atoms. The van der Waals surface area contributed by atoms with Crippen molar-refractivity contribution in [2.24, 2.45) is 23.5 Å². The summed E-state index contributed by atoms with van der Waals surface area (Å²) in [5.41, 5.74) is 8.50. The highest BCUT2D eigenvalue weighted by molar-refractivity contribution is 5.87. The van der Waals surface area contributed by atoms with Gasteiger partial charge in [0.15, 0.2) is 11.6 Å². The topological polar surface area (TPSA) is 116 Å². The third-order valence-electron chi connectivity index (χ3n) is 7.72. The Morgan fingerprint density at radius 2 is 1.85 bits per heavy atom. The molecule has 0 fully saturated rings. The number of benzene rings is 2. The molecule has 0 saturated heterocycles. The van der Waals surface area contributed by atoms with Gasteiger partial charge in [-0.1, -0.05) is 62.4 Å². The van der Waals surface area contributed by atoms with E-state index in [-0.39, 0.29) is 17.9 Å². The zero-order chi connectivity index (χ0) is 28.2. The Labute approximate surface area is 234 Å². The van der Waals surface area contributed by atoms with Crippen molar-refractivity contribution in [2.45, 2.75) is 58.5 Å². The smallest absolute Gasteiger partial charge is 0.224 e. The van der Waals surface area contributed by atoms with Crippen molar-refractivity contribution in [1.82, 2.24) is 20.1 Å².